The van der Waals surface area contributed by atoms with Gasteiger partial charge in [0.05, 0.1) is 7.11 Å². The molecule has 5 heteroatoms. The Balaban J connectivity index is 1.78. The number of methoxy groups -OCH3 is 1. The number of nitrogens with zero attached hydrogens (tertiary/aromatic N) is 1. The van der Waals surface area contributed by atoms with Gasteiger partial charge in [-0.2, -0.15) is 0 Å². The summed E-state index contributed by atoms with van der Waals surface area (Å²) in [6, 6.07) is 15.1. The number of rotatable bonds is 4. The van der Waals surface area contributed by atoms with E-state index in [9.17, 15) is 4.79 Å². The molecule has 2 aromatic carbocycles. The zero-order valence-corrected chi connectivity index (χ0v) is 13.7. The second kappa shape index (κ2) is 6.34. The van der Waals surface area contributed by atoms with Crippen molar-refractivity contribution < 1.29 is 9.53 Å². The zero-order chi connectivity index (χ0) is 16.4. The van der Waals surface area contributed by atoms with Crippen molar-refractivity contribution in [3.05, 3.63) is 64.8 Å². The van der Waals surface area contributed by atoms with Gasteiger partial charge in [-0.3, -0.25) is 4.79 Å². The maximum Gasteiger partial charge on any atom is 0.268 e. The molecule has 1 heterocycles. The van der Waals surface area contributed by atoms with E-state index in [1.54, 1.807) is 7.11 Å². The van der Waals surface area contributed by atoms with Crippen LogP contribution in [0, 0.1) is 0 Å². The van der Waals surface area contributed by atoms with E-state index < -0.39 is 0 Å². The molecule has 1 N–H and O–H groups in total. The second-order valence-corrected chi connectivity index (χ2v) is 5.70. The van der Waals surface area contributed by atoms with Crippen molar-refractivity contribution in [1.82, 2.24) is 9.88 Å². The first kappa shape index (κ1) is 15.4. The Kier molecular flexibility index (Phi) is 4.26. The number of ether oxygens (including phenoxy) is 1. The first-order valence-corrected chi connectivity index (χ1v) is 7.63. The highest BCUT2D eigenvalue weighted by atomic mass is 35.5. The van der Waals surface area contributed by atoms with E-state index in [-0.39, 0.29) is 5.91 Å². The molecule has 3 rings (SSSR count). The van der Waals surface area contributed by atoms with Crippen LogP contribution < -0.4 is 10.1 Å². The summed E-state index contributed by atoms with van der Waals surface area (Å²) in [6.07, 6.45) is 0. The van der Waals surface area contributed by atoms with Crippen LogP contribution in [-0.2, 0) is 13.6 Å². The number of benzene rings is 2. The third kappa shape index (κ3) is 3.03. The summed E-state index contributed by atoms with van der Waals surface area (Å²) >= 11 is 6.19. The quantitative estimate of drug-likeness (QED) is 0.792. The third-order valence-electron chi connectivity index (χ3n) is 3.88. The first-order valence-electron chi connectivity index (χ1n) is 7.25. The number of halogens is 1. The molecule has 0 fully saturated rings. The number of aromatic nitrogens is 1. The van der Waals surface area contributed by atoms with Crippen LogP contribution >= 0.6 is 11.6 Å². The lowest BCUT2D eigenvalue weighted by atomic mass is 10.2. The number of hydrogen-bond acceptors (Lipinski definition) is 2. The lowest BCUT2D eigenvalue weighted by Crippen LogP contribution is -2.24. The second-order valence-electron chi connectivity index (χ2n) is 5.29. The molecule has 4 nitrogen and oxygen atoms in total. The Morgan fingerprint density at radius 1 is 1.22 bits per heavy atom. The summed E-state index contributed by atoms with van der Waals surface area (Å²) in [4.78, 5) is 12.4. The molecule has 0 unspecified atom stereocenters. The highest BCUT2D eigenvalue weighted by molar-refractivity contribution is 6.35. The van der Waals surface area contributed by atoms with Crippen molar-refractivity contribution in [2.24, 2.45) is 7.05 Å². The minimum atomic E-state index is -0.129. The predicted molar refractivity (Wildman–Crippen MR) is 92.1 cm³/mol. The number of carbonyl (C=O) groups is 1. The Bertz CT molecular complexity index is 853. The van der Waals surface area contributed by atoms with E-state index in [1.165, 1.54) is 0 Å². The molecule has 0 bridgehead atoms. The van der Waals surface area contributed by atoms with E-state index in [0.717, 1.165) is 22.2 Å². The first-order chi connectivity index (χ1) is 11.1. The van der Waals surface area contributed by atoms with Gasteiger partial charge in [-0.15, -0.1) is 0 Å². The van der Waals surface area contributed by atoms with Crippen LogP contribution in [0.1, 0.15) is 16.1 Å². The Morgan fingerprint density at radius 3 is 2.61 bits per heavy atom. The van der Waals surface area contributed by atoms with Gasteiger partial charge in [-0.05, 0) is 35.9 Å². The van der Waals surface area contributed by atoms with Crippen molar-refractivity contribution in [2.75, 3.05) is 7.11 Å². The van der Waals surface area contributed by atoms with Crippen LogP contribution in [-0.4, -0.2) is 17.6 Å². The normalized spacial score (nSPS) is 10.7. The molecule has 1 aromatic heterocycles. The predicted octanol–water partition coefficient (Wildman–Crippen LogP) is 3.77. The average molecular weight is 329 g/mol. The van der Waals surface area contributed by atoms with Gasteiger partial charge in [0.15, 0.2) is 0 Å². The molecule has 0 atom stereocenters. The fraction of sp³-hybridized carbons (Fsp3) is 0.167. The number of amides is 1. The zero-order valence-electron chi connectivity index (χ0n) is 13.0. The number of carbonyl (C=O) groups excluding carboxylic acids is 1. The largest absolute Gasteiger partial charge is 0.497 e. The van der Waals surface area contributed by atoms with Gasteiger partial charge in [0.25, 0.3) is 5.91 Å². The van der Waals surface area contributed by atoms with Crippen LogP contribution in [0.2, 0.25) is 5.02 Å². The highest BCUT2D eigenvalue weighted by Crippen LogP contribution is 2.26. The summed E-state index contributed by atoms with van der Waals surface area (Å²) < 4.78 is 6.97. The molecule has 0 radical (unpaired) electrons. The maximum atomic E-state index is 12.4. The van der Waals surface area contributed by atoms with Crippen molar-refractivity contribution in [2.45, 2.75) is 6.54 Å². The summed E-state index contributed by atoms with van der Waals surface area (Å²) in [6.45, 7) is 0.456. The Morgan fingerprint density at radius 2 is 1.96 bits per heavy atom. The number of nitrogens with one attached hydrogen (secondary N) is 1. The Hall–Kier alpha value is -2.46. The minimum absolute atomic E-state index is 0.129. The van der Waals surface area contributed by atoms with Crippen LogP contribution in [0.25, 0.3) is 10.9 Å². The van der Waals surface area contributed by atoms with Gasteiger partial charge < -0.3 is 14.6 Å². The van der Waals surface area contributed by atoms with Gasteiger partial charge in [-0.1, -0.05) is 29.8 Å². The van der Waals surface area contributed by atoms with Gasteiger partial charge in [0.2, 0.25) is 0 Å². The van der Waals surface area contributed by atoms with Crippen molar-refractivity contribution >= 4 is 28.4 Å². The molecule has 118 valence electrons. The van der Waals surface area contributed by atoms with E-state index in [0.29, 0.717) is 17.3 Å². The molecule has 1 amide bonds. The third-order valence-corrected chi connectivity index (χ3v) is 4.21. The van der Waals surface area contributed by atoms with E-state index >= 15 is 0 Å². The lowest BCUT2D eigenvalue weighted by molar-refractivity contribution is 0.0943. The molecule has 3 aromatic rings. The molecular formula is C18H17ClN2O2. The SMILES string of the molecule is COc1ccc(CNC(=O)c2cc3c(Cl)cccc3n2C)cc1. The summed E-state index contributed by atoms with van der Waals surface area (Å²) in [5.74, 6) is 0.666. The standard InChI is InChI=1S/C18H17ClN2O2/c1-21-16-5-3-4-15(19)14(16)10-17(21)18(22)20-11-12-6-8-13(23-2)9-7-12/h3-10H,11H2,1-2H3,(H,20,22). The molecule has 0 spiro atoms. The van der Waals surface area contributed by atoms with Crippen LogP contribution in [0.15, 0.2) is 48.5 Å². The number of fused-ring (bicyclic) bond motifs is 1. The fourth-order valence-electron chi connectivity index (χ4n) is 2.56. The van der Waals surface area contributed by atoms with E-state index in [2.05, 4.69) is 5.32 Å². The van der Waals surface area contributed by atoms with Gasteiger partial charge in [0, 0.05) is 29.5 Å². The molecule has 0 saturated heterocycles. The van der Waals surface area contributed by atoms with Gasteiger partial charge in [0.1, 0.15) is 11.4 Å². The van der Waals surface area contributed by atoms with Crippen LogP contribution in [0.4, 0.5) is 0 Å². The summed E-state index contributed by atoms with van der Waals surface area (Å²) in [5.41, 5.74) is 2.53. The van der Waals surface area contributed by atoms with E-state index in [4.69, 9.17) is 16.3 Å². The fourth-order valence-corrected chi connectivity index (χ4v) is 2.78. The van der Waals surface area contributed by atoms with Crippen molar-refractivity contribution in [1.29, 1.82) is 0 Å². The summed E-state index contributed by atoms with van der Waals surface area (Å²) in [5, 5.41) is 4.46. The van der Waals surface area contributed by atoms with Crippen LogP contribution in [0.3, 0.4) is 0 Å². The molecule has 0 aliphatic rings. The molecule has 0 aliphatic heterocycles. The monoisotopic (exact) mass is 328 g/mol. The average Bonchev–Trinajstić information content (AvgIpc) is 2.92. The van der Waals surface area contributed by atoms with Gasteiger partial charge >= 0.3 is 0 Å². The smallest absolute Gasteiger partial charge is 0.268 e. The summed E-state index contributed by atoms with van der Waals surface area (Å²) in [7, 11) is 3.49. The maximum absolute atomic E-state index is 12.4. The topological polar surface area (TPSA) is 43.3 Å². The lowest BCUT2D eigenvalue weighted by Gasteiger charge is -2.07. The van der Waals surface area contributed by atoms with Crippen molar-refractivity contribution in [3.8, 4) is 5.75 Å². The molecular weight excluding hydrogens is 312 g/mol. The highest BCUT2D eigenvalue weighted by Gasteiger charge is 2.14. The molecule has 23 heavy (non-hydrogen) atoms. The van der Waals surface area contributed by atoms with Crippen LogP contribution in [0.5, 0.6) is 5.75 Å². The molecule has 0 saturated carbocycles. The van der Waals surface area contributed by atoms with E-state index in [1.807, 2.05) is 60.1 Å². The number of hydrogen-bond donors (Lipinski definition) is 1. The Labute approximate surface area is 139 Å². The number of aryl methyl sites for hydroxylation is 1. The van der Waals surface area contributed by atoms with Crippen molar-refractivity contribution in [3.63, 3.8) is 0 Å². The van der Waals surface area contributed by atoms with Gasteiger partial charge in [-0.25, -0.2) is 0 Å². The molecule has 0 aliphatic carbocycles. The minimum Gasteiger partial charge on any atom is -0.497 e.